The lowest BCUT2D eigenvalue weighted by molar-refractivity contribution is 0.0290. The van der Waals surface area contributed by atoms with Gasteiger partial charge in [0.15, 0.2) is 14.3 Å². The van der Waals surface area contributed by atoms with E-state index in [9.17, 15) is 14.4 Å². The second kappa shape index (κ2) is 12.5. The Morgan fingerprint density at radius 3 is 1.90 bits per heavy atom. The van der Waals surface area contributed by atoms with Gasteiger partial charge in [-0.3, -0.25) is 4.79 Å². The molecule has 2 saturated heterocycles. The van der Waals surface area contributed by atoms with Gasteiger partial charge in [0.05, 0.1) is 61.5 Å². The number of epoxide rings is 2. The van der Waals surface area contributed by atoms with Crippen LogP contribution in [0.5, 0.6) is 0 Å². The summed E-state index contributed by atoms with van der Waals surface area (Å²) in [5.74, 6) is -0.944. The maximum atomic E-state index is 13.5. The van der Waals surface area contributed by atoms with Gasteiger partial charge >= 0.3 is 11.9 Å². The van der Waals surface area contributed by atoms with Crippen LogP contribution < -0.4 is 5.43 Å². The van der Waals surface area contributed by atoms with Crippen LogP contribution in [0.3, 0.4) is 0 Å². The second-order valence-corrected chi connectivity index (χ2v) is 11.7. The summed E-state index contributed by atoms with van der Waals surface area (Å²) in [5.41, 5.74) is 0.589. The highest BCUT2D eigenvalue weighted by Crippen LogP contribution is 2.43. The monoisotopic (exact) mass is 577 g/mol. The van der Waals surface area contributed by atoms with Gasteiger partial charge in [-0.1, -0.05) is 12.1 Å². The Kier molecular flexibility index (Phi) is 8.36. The number of ether oxygens (including phenoxy) is 6. The molecule has 2 fully saturated rings. The first-order valence-corrected chi connectivity index (χ1v) is 14.7. The van der Waals surface area contributed by atoms with Crippen LogP contribution in [0.25, 0.3) is 25.1 Å². The number of fused-ring (bicyclic) bond motifs is 2. The zero-order chi connectivity index (χ0) is 28.2. The van der Waals surface area contributed by atoms with Gasteiger partial charge in [-0.2, -0.15) is 0 Å². The largest absolute Gasteiger partial charge is 0.460 e. The van der Waals surface area contributed by atoms with Crippen LogP contribution in [0, 0.1) is 0 Å². The number of rotatable bonds is 13. The molecule has 2 aliphatic rings. The average Bonchev–Trinajstić information content (AvgIpc) is 3.93. The molecular formula is C31H29O9S+. The molecule has 9 nitrogen and oxygen atoms in total. The highest BCUT2D eigenvalue weighted by atomic mass is 32.2. The van der Waals surface area contributed by atoms with Gasteiger partial charge < -0.3 is 28.4 Å². The Hall–Kier alpha value is -3.67. The van der Waals surface area contributed by atoms with Crippen molar-refractivity contribution >= 4 is 42.6 Å². The molecule has 0 radical (unpaired) electrons. The smallest absolute Gasteiger partial charge is 0.338 e. The molecule has 0 N–H and O–H groups in total. The van der Waals surface area contributed by atoms with E-state index in [0.29, 0.717) is 48.3 Å². The summed E-state index contributed by atoms with van der Waals surface area (Å²) in [6.45, 7) is 3.28. The van der Waals surface area contributed by atoms with E-state index in [1.165, 1.54) is 0 Å². The van der Waals surface area contributed by atoms with E-state index >= 15 is 0 Å². The Labute approximate surface area is 238 Å². The predicted molar refractivity (Wildman–Crippen MR) is 153 cm³/mol. The topological polar surface area (TPSA) is 113 Å². The zero-order valence-electron chi connectivity index (χ0n) is 22.2. The minimum atomic E-state index is -0.624. The van der Waals surface area contributed by atoms with Crippen molar-refractivity contribution in [1.29, 1.82) is 0 Å². The fourth-order valence-electron chi connectivity index (χ4n) is 4.40. The lowest BCUT2D eigenvalue weighted by atomic mass is 10.1. The average molecular weight is 578 g/mol. The van der Waals surface area contributed by atoms with Crippen molar-refractivity contribution < 1.29 is 38.0 Å². The Morgan fingerprint density at radius 1 is 0.707 bits per heavy atom. The summed E-state index contributed by atoms with van der Waals surface area (Å²) in [6, 6.07) is 19.8. The highest BCUT2D eigenvalue weighted by Gasteiger charge is 2.25. The molecule has 10 heteroatoms. The first-order chi connectivity index (χ1) is 20.1. The summed E-state index contributed by atoms with van der Waals surface area (Å²) in [4.78, 5) is 39.7. The summed E-state index contributed by atoms with van der Waals surface area (Å²) >= 11 is 0. The van der Waals surface area contributed by atoms with Gasteiger partial charge in [-0.15, -0.1) is 0 Å². The third-order valence-electron chi connectivity index (χ3n) is 6.69. The van der Waals surface area contributed by atoms with Crippen LogP contribution in [-0.2, 0) is 28.4 Å². The molecule has 0 bridgehead atoms. The van der Waals surface area contributed by atoms with Gasteiger partial charge in [-0.25, -0.2) is 9.59 Å². The predicted octanol–water partition coefficient (Wildman–Crippen LogP) is 4.24. The lowest BCUT2D eigenvalue weighted by Gasteiger charge is -2.08. The maximum absolute atomic E-state index is 13.5. The molecule has 3 aromatic carbocycles. The summed E-state index contributed by atoms with van der Waals surface area (Å²) in [7, 11) is -0.624. The van der Waals surface area contributed by atoms with E-state index in [0.717, 1.165) is 20.9 Å². The third kappa shape index (κ3) is 6.64. The number of hydrogen-bond donors (Lipinski definition) is 0. The first kappa shape index (κ1) is 27.5. The molecule has 0 saturated carbocycles. The number of hydrogen-bond acceptors (Lipinski definition) is 9. The van der Waals surface area contributed by atoms with E-state index in [1.54, 1.807) is 30.3 Å². The van der Waals surface area contributed by atoms with Crippen LogP contribution in [0.1, 0.15) is 20.7 Å². The summed E-state index contributed by atoms with van der Waals surface area (Å²) in [5, 5.41) is 1.05. The molecule has 2 aliphatic heterocycles. The van der Waals surface area contributed by atoms with E-state index in [-0.39, 0.29) is 37.5 Å². The van der Waals surface area contributed by atoms with Crippen molar-refractivity contribution in [2.45, 2.75) is 12.2 Å². The molecule has 0 spiro atoms. The van der Waals surface area contributed by atoms with Gasteiger partial charge in [-0.05, 0) is 54.6 Å². The van der Waals surface area contributed by atoms with Crippen molar-refractivity contribution in [3.05, 3.63) is 88.1 Å². The van der Waals surface area contributed by atoms with Crippen LogP contribution in [0.15, 0.2) is 71.5 Å². The molecule has 0 amide bonds. The molecule has 3 atom stereocenters. The first-order valence-electron chi connectivity index (χ1n) is 13.4. The fraction of sp³-hybridized carbons (Fsp3) is 0.323. The van der Waals surface area contributed by atoms with Crippen LogP contribution in [0.2, 0.25) is 0 Å². The summed E-state index contributed by atoms with van der Waals surface area (Å²) < 4.78 is 33.4. The van der Waals surface area contributed by atoms with E-state index in [2.05, 4.69) is 0 Å². The minimum Gasteiger partial charge on any atom is -0.460 e. The zero-order valence-corrected chi connectivity index (χ0v) is 23.1. The lowest BCUT2D eigenvalue weighted by Crippen LogP contribution is -2.13. The van der Waals surface area contributed by atoms with E-state index in [4.69, 9.17) is 28.4 Å². The molecule has 6 rings (SSSR count). The number of esters is 2. The highest BCUT2D eigenvalue weighted by molar-refractivity contribution is 7.49. The van der Waals surface area contributed by atoms with Crippen LogP contribution in [0.4, 0.5) is 0 Å². The van der Waals surface area contributed by atoms with Crippen molar-refractivity contribution in [3.8, 4) is 4.90 Å². The van der Waals surface area contributed by atoms with E-state index in [1.807, 2.05) is 36.4 Å². The van der Waals surface area contributed by atoms with Gasteiger partial charge in [0.1, 0.15) is 25.4 Å². The fourth-order valence-corrected chi connectivity index (χ4v) is 6.72. The Balaban J connectivity index is 1.21. The molecule has 0 aliphatic carbocycles. The van der Waals surface area contributed by atoms with Crippen molar-refractivity contribution in [2.24, 2.45) is 0 Å². The molecule has 212 valence electrons. The minimum absolute atomic E-state index is 0.112. The SMILES string of the molecule is O=C(OCCOCC1CO1)c1ccc(-[s+]2c3ccccc3c(=O)c3cc(C(=O)OCCOCC4CO4)ccc32)cc1. The number of carbonyl (C=O) groups excluding carboxylic acids is 2. The molecule has 1 aromatic heterocycles. The Bertz CT molecular complexity index is 1620. The van der Waals surface area contributed by atoms with Crippen molar-refractivity contribution in [1.82, 2.24) is 0 Å². The Morgan fingerprint density at radius 2 is 1.27 bits per heavy atom. The third-order valence-corrected chi connectivity index (χ3v) is 9.03. The number of carbonyl (C=O) groups is 2. The van der Waals surface area contributed by atoms with Gasteiger partial charge in [0.2, 0.25) is 5.43 Å². The van der Waals surface area contributed by atoms with Crippen molar-refractivity contribution in [2.75, 3.05) is 52.9 Å². The van der Waals surface area contributed by atoms with Gasteiger partial charge in [0.25, 0.3) is 0 Å². The van der Waals surface area contributed by atoms with Gasteiger partial charge in [0, 0.05) is 10.5 Å². The summed E-state index contributed by atoms with van der Waals surface area (Å²) in [6.07, 6.45) is 0.319. The standard InChI is InChI=1S/C31H29O9S/c32-29-25-3-1-2-4-27(25)41(24-8-5-20(6-9-24)30(33)37-13-11-35-16-22-18-39-22)28-10-7-21(15-26(28)29)31(34)38-14-12-36-17-23-19-40-23/h1-10,15,22-23H,11-14,16-19H2/q+1. The number of benzene rings is 3. The van der Waals surface area contributed by atoms with Crippen LogP contribution in [-0.4, -0.2) is 77.0 Å². The molecular weight excluding hydrogens is 548 g/mol. The van der Waals surface area contributed by atoms with E-state index < -0.39 is 22.4 Å². The molecule has 3 heterocycles. The van der Waals surface area contributed by atoms with Crippen LogP contribution >= 0.6 is 10.5 Å². The molecule has 3 unspecified atom stereocenters. The normalized spacial score (nSPS) is 17.9. The second-order valence-electron chi connectivity index (χ2n) is 9.70. The maximum Gasteiger partial charge on any atom is 0.338 e. The molecule has 4 aromatic rings. The molecule has 41 heavy (non-hydrogen) atoms. The van der Waals surface area contributed by atoms with Crippen molar-refractivity contribution in [3.63, 3.8) is 0 Å². The quantitative estimate of drug-likeness (QED) is 0.0757.